The average molecular weight is 980 g/mol. The van der Waals surface area contributed by atoms with Crippen LogP contribution in [0.4, 0.5) is 0 Å². The third-order valence-electron chi connectivity index (χ3n) is 13.2. The van der Waals surface area contributed by atoms with Crippen LogP contribution < -0.4 is 0 Å². The van der Waals surface area contributed by atoms with Gasteiger partial charge in [-0.15, -0.1) is 0 Å². The second-order valence-electron chi connectivity index (χ2n) is 20.3. The van der Waals surface area contributed by atoms with Crippen molar-refractivity contribution in [1.29, 1.82) is 0 Å². The highest BCUT2D eigenvalue weighted by Gasteiger charge is 2.19. The summed E-state index contributed by atoms with van der Waals surface area (Å²) in [5.74, 6) is -0.884. The highest BCUT2D eigenvalue weighted by atomic mass is 16.6. The molecule has 0 fully saturated rings. The summed E-state index contributed by atoms with van der Waals surface area (Å²) in [4.78, 5) is 38.2. The number of unbranched alkanes of at least 4 members (excludes halogenated alkanes) is 34. The minimum atomic E-state index is -0.781. The largest absolute Gasteiger partial charge is 0.462 e. The average Bonchev–Trinajstić information content (AvgIpc) is 3.36. The molecule has 0 bridgehead atoms. The maximum absolute atomic E-state index is 12.8. The minimum absolute atomic E-state index is 0.0783. The van der Waals surface area contributed by atoms with E-state index in [2.05, 4.69) is 81.5 Å². The lowest BCUT2D eigenvalue weighted by Crippen LogP contribution is -2.30. The van der Waals surface area contributed by atoms with Crippen molar-refractivity contribution in [3.8, 4) is 0 Å². The molecule has 1 atom stereocenters. The number of allylic oxidation sites excluding steroid dienone is 10. The monoisotopic (exact) mass is 979 g/mol. The predicted molar refractivity (Wildman–Crippen MR) is 302 cm³/mol. The van der Waals surface area contributed by atoms with Gasteiger partial charge in [-0.25, -0.2) is 0 Å². The molecule has 0 saturated carbocycles. The van der Waals surface area contributed by atoms with Crippen molar-refractivity contribution in [2.75, 3.05) is 13.2 Å². The molecule has 0 saturated heterocycles. The molecule has 0 aromatic heterocycles. The molecule has 0 amide bonds. The fraction of sp³-hybridized carbons (Fsp3) is 0.797. The van der Waals surface area contributed by atoms with Gasteiger partial charge in [0.1, 0.15) is 13.2 Å². The van der Waals surface area contributed by atoms with Crippen LogP contribution in [0, 0.1) is 0 Å². The van der Waals surface area contributed by atoms with E-state index in [9.17, 15) is 14.4 Å². The number of carbonyl (C=O) groups excluding carboxylic acids is 3. The Bertz CT molecular complexity index is 1260. The summed E-state index contributed by atoms with van der Waals surface area (Å²) in [6.45, 7) is 6.60. The van der Waals surface area contributed by atoms with Gasteiger partial charge in [0.15, 0.2) is 6.10 Å². The lowest BCUT2D eigenvalue weighted by atomic mass is 10.0. The van der Waals surface area contributed by atoms with Gasteiger partial charge in [0.25, 0.3) is 0 Å². The summed E-state index contributed by atoms with van der Waals surface area (Å²) in [5, 5.41) is 0. The molecule has 406 valence electrons. The number of carbonyl (C=O) groups is 3. The van der Waals surface area contributed by atoms with Crippen LogP contribution in [0.25, 0.3) is 0 Å². The Morgan fingerprint density at radius 2 is 0.529 bits per heavy atom. The van der Waals surface area contributed by atoms with E-state index in [0.717, 1.165) is 96.3 Å². The highest BCUT2D eigenvalue weighted by Crippen LogP contribution is 2.16. The van der Waals surface area contributed by atoms with Crippen molar-refractivity contribution in [3.05, 3.63) is 60.8 Å². The Kier molecular flexibility index (Phi) is 56.3. The third-order valence-corrected chi connectivity index (χ3v) is 13.2. The standard InChI is InChI=1S/C64H114O6/c1-4-7-10-13-16-19-22-25-27-28-29-30-31-32-33-34-35-36-37-40-42-45-48-51-54-57-63(66)69-60-61(59-68-62(65)56-53-50-47-44-41-38-24-21-18-15-12-9-6-3)70-64(67)58-55-52-49-46-43-39-26-23-20-17-14-11-8-5-2/h14,17,22-23,25-26,28-29,31-32,61H,4-13,15-16,18-21,24,27,30,33-60H2,1-3H3/b17-14-,25-22-,26-23-,29-28-,32-31-. The zero-order chi connectivity index (χ0) is 50.7. The zero-order valence-corrected chi connectivity index (χ0v) is 46.5. The summed E-state index contributed by atoms with van der Waals surface area (Å²) < 4.78 is 16.9. The Balaban J connectivity index is 4.28. The van der Waals surface area contributed by atoms with Crippen LogP contribution in [0.2, 0.25) is 0 Å². The molecule has 0 aromatic rings. The fourth-order valence-corrected chi connectivity index (χ4v) is 8.64. The third kappa shape index (κ3) is 56.0. The quantitative estimate of drug-likeness (QED) is 0.0261. The molecule has 70 heavy (non-hydrogen) atoms. The lowest BCUT2D eigenvalue weighted by molar-refractivity contribution is -0.167. The van der Waals surface area contributed by atoms with E-state index in [1.165, 1.54) is 173 Å². The first kappa shape index (κ1) is 67.1. The number of esters is 3. The maximum Gasteiger partial charge on any atom is 0.306 e. The Labute approximate surface area is 434 Å². The molecule has 0 heterocycles. The second kappa shape index (κ2) is 58.7. The van der Waals surface area contributed by atoms with Gasteiger partial charge in [0, 0.05) is 19.3 Å². The van der Waals surface area contributed by atoms with Gasteiger partial charge < -0.3 is 14.2 Å². The predicted octanol–water partition coefficient (Wildman–Crippen LogP) is 20.4. The SMILES string of the molecule is CCCC/C=C\C/C=C\CCCCCCCC(=O)OC(COC(=O)CCCCCCCCCCCC/C=C\C/C=C\C/C=C\CCCCCCC)COC(=O)CCCCCCCCCCCCCCC. The molecular formula is C64H114O6. The van der Waals surface area contributed by atoms with E-state index >= 15 is 0 Å². The van der Waals surface area contributed by atoms with Crippen LogP contribution in [0.15, 0.2) is 60.8 Å². The molecule has 0 aromatic carbocycles. The number of ether oxygens (including phenoxy) is 3. The van der Waals surface area contributed by atoms with E-state index in [0.29, 0.717) is 19.3 Å². The molecule has 6 heteroatoms. The zero-order valence-electron chi connectivity index (χ0n) is 46.5. The van der Waals surface area contributed by atoms with Crippen molar-refractivity contribution in [3.63, 3.8) is 0 Å². The van der Waals surface area contributed by atoms with Crippen LogP contribution in [0.1, 0.15) is 310 Å². The molecule has 0 rings (SSSR count). The molecule has 0 aliphatic carbocycles. The first-order chi connectivity index (χ1) is 34.5. The molecule has 1 unspecified atom stereocenters. The molecule has 0 spiro atoms. The normalized spacial score (nSPS) is 12.4. The Morgan fingerprint density at radius 3 is 0.843 bits per heavy atom. The molecule has 0 aliphatic rings. The summed E-state index contributed by atoms with van der Waals surface area (Å²) in [6.07, 6.45) is 73.6. The fourth-order valence-electron chi connectivity index (χ4n) is 8.64. The van der Waals surface area contributed by atoms with Crippen molar-refractivity contribution < 1.29 is 28.6 Å². The second-order valence-corrected chi connectivity index (χ2v) is 20.3. The Morgan fingerprint density at radius 1 is 0.286 bits per heavy atom. The maximum atomic E-state index is 12.8. The minimum Gasteiger partial charge on any atom is -0.462 e. The Hall–Kier alpha value is -2.89. The molecular weight excluding hydrogens is 865 g/mol. The van der Waals surface area contributed by atoms with E-state index in [1.54, 1.807) is 0 Å². The van der Waals surface area contributed by atoms with Crippen LogP contribution in [0.5, 0.6) is 0 Å². The van der Waals surface area contributed by atoms with Crippen LogP contribution in [-0.2, 0) is 28.6 Å². The summed E-state index contributed by atoms with van der Waals surface area (Å²) in [7, 11) is 0. The van der Waals surface area contributed by atoms with Gasteiger partial charge in [-0.2, -0.15) is 0 Å². The number of hydrogen-bond donors (Lipinski definition) is 0. The van der Waals surface area contributed by atoms with Crippen molar-refractivity contribution in [2.24, 2.45) is 0 Å². The smallest absolute Gasteiger partial charge is 0.306 e. The van der Waals surface area contributed by atoms with Crippen molar-refractivity contribution >= 4 is 17.9 Å². The summed E-state index contributed by atoms with van der Waals surface area (Å²) >= 11 is 0. The van der Waals surface area contributed by atoms with Gasteiger partial charge in [0.2, 0.25) is 0 Å². The molecule has 0 radical (unpaired) electrons. The van der Waals surface area contributed by atoms with Gasteiger partial charge in [-0.05, 0) is 83.5 Å². The van der Waals surface area contributed by atoms with E-state index in [-0.39, 0.29) is 31.1 Å². The van der Waals surface area contributed by atoms with E-state index in [4.69, 9.17) is 14.2 Å². The van der Waals surface area contributed by atoms with Crippen LogP contribution in [-0.4, -0.2) is 37.2 Å². The van der Waals surface area contributed by atoms with Gasteiger partial charge in [-0.3, -0.25) is 14.4 Å². The first-order valence-corrected chi connectivity index (χ1v) is 30.3. The van der Waals surface area contributed by atoms with Crippen LogP contribution in [0.3, 0.4) is 0 Å². The molecule has 6 nitrogen and oxygen atoms in total. The van der Waals surface area contributed by atoms with Gasteiger partial charge in [-0.1, -0.05) is 268 Å². The van der Waals surface area contributed by atoms with Gasteiger partial charge >= 0.3 is 17.9 Å². The van der Waals surface area contributed by atoms with Crippen LogP contribution >= 0.6 is 0 Å². The van der Waals surface area contributed by atoms with Crippen molar-refractivity contribution in [2.45, 2.75) is 316 Å². The first-order valence-electron chi connectivity index (χ1n) is 30.3. The highest BCUT2D eigenvalue weighted by molar-refractivity contribution is 5.71. The summed E-state index contributed by atoms with van der Waals surface area (Å²) in [5.41, 5.74) is 0. The number of hydrogen-bond acceptors (Lipinski definition) is 6. The van der Waals surface area contributed by atoms with E-state index in [1.807, 2.05) is 0 Å². The van der Waals surface area contributed by atoms with Crippen molar-refractivity contribution in [1.82, 2.24) is 0 Å². The topological polar surface area (TPSA) is 78.9 Å². The van der Waals surface area contributed by atoms with E-state index < -0.39 is 6.10 Å². The van der Waals surface area contributed by atoms with Gasteiger partial charge in [0.05, 0.1) is 0 Å². The molecule has 0 N–H and O–H groups in total. The molecule has 0 aliphatic heterocycles. The number of rotatable bonds is 55. The summed E-state index contributed by atoms with van der Waals surface area (Å²) in [6, 6.07) is 0. The lowest BCUT2D eigenvalue weighted by Gasteiger charge is -2.18.